The summed E-state index contributed by atoms with van der Waals surface area (Å²) in [6.45, 7) is 0.996. The van der Waals surface area contributed by atoms with E-state index in [0.717, 1.165) is 12.1 Å². The van der Waals surface area contributed by atoms with Gasteiger partial charge in [-0.25, -0.2) is 9.67 Å². The molecular formula is C20H16F3N5O2. The summed E-state index contributed by atoms with van der Waals surface area (Å²) in [6.07, 6.45) is -4.54. The van der Waals surface area contributed by atoms with Gasteiger partial charge in [0.05, 0.1) is 24.4 Å². The van der Waals surface area contributed by atoms with E-state index in [9.17, 15) is 18.0 Å². The molecule has 0 aliphatic carbocycles. The number of hydrogen-bond acceptors (Lipinski definition) is 5. The second-order valence-electron chi connectivity index (χ2n) is 7.14. The Morgan fingerprint density at radius 1 is 1.17 bits per heavy atom. The molecule has 0 bridgehead atoms. The first-order chi connectivity index (χ1) is 14.3. The monoisotopic (exact) mass is 415 g/mol. The van der Waals surface area contributed by atoms with Gasteiger partial charge in [-0.1, -0.05) is 30.3 Å². The summed E-state index contributed by atoms with van der Waals surface area (Å²) in [5.41, 5.74) is 4.61. The number of benzene rings is 2. The third-order valence-electron chi connectivity index (χ3n) is 5.43. The normalized spacial score (nSPS) is 20.9. The average Bonchev–Trinajstić information content (AvgIpc) is 3.31. The molecular weight excluding hydrogens is 399 g/mol. The molecule has 2 aliphatic heterocycles. The number of amides is 1. The summed E-state index contributed by atoms with van der Waals surface area (Å²) < 4.78 is 48.3. The van der Waals surface area contributed by atoms with E-state index in [0.29, 0.717) is 30.2 Å². The van der Waals surface area contributed by atoms with Gasteiger partial charge in [0.25, 0.3) is 5.91 Å². The molecule has 3 heterocycles. The van der Waals surface area contributed by atoms with E-state index in [1.807, 2.05) is 35.2 Å². The number of halogens is 3. The fraction of sp³-hybridized carbons (Fsp3) is 0.250. The number of primary amides is 1. The molecule has 0 radical (unpaired) electrons. The first kappa shape index (κ1) is 18.8. The van der Waals surface area contributed by atoms with Crippen molar-refractivity contribution in [2.75, 3.05) is 13.2 Å². The van der Waals surface area contributed by atoms with E-state index >= 15 is 0 Å². The molecule has 1 saturated heterocycles. The zero-order chi connectivity index (χ0) is 21.1. The zero-order valence-electron chi connectivity index (χ0n) is 15.6. The highest BCUT2D eigenvalue weighted by molar-refractivity contribution is 5.88. The predicted molar refractivity (Wildman–Crippen MR) is 98.5 cm³/mol. The molecule has 154 valence electrons. The van der Waals surface area contributed by atoms with Gasteiger partial charge in [-0.05, 0) is 18.2 Å². The van der Waals surface area contributed by atoms with E-state index in [1.54, 1.807) is 0 Å². The number of hydrogen-bond donors (Lipinski definition) is 1. The predicted octanol–water partition coefficient (Wildman–Crippen LogP) is 2.43. The maximum absolute atomic E-state index is 13.6. The second-order valence-corrected chi connectivity index (χ2v) is 7.14. The van der Waals surface area contributed by atoms with E-state index < -0.39 is 23.4 Å². The van der Waals surface area contributed by atoms with Crippen molar-refractivity contribution in [3.8, 4) is 5.69 Å². The number of alkyl halides is 3. The SMILES string of the molecule is NC(=O)c1nc2n(n1)-c1ccc(C(F)(F)F)cc1C1(c3ccccc3)OCCN1C2. The summed E-state index contributed by atoms with van der Waals surface area (Å²) in [5, 5.41) is 4.16. The Kier molecular flexibility index (Phi) is 3.99. The number of carbonyl (C=O) groups is 1. The van der Waals surface area contributed by atoms with Crippen LogP contribution in [0.1, 0.15) is 33.1 Å². The molecule has 1 atom stereocenters. The average molecular weight is 415 g/mol. The van der Waals surface area contributed by atoms with Crippen molar-refractivity contribution in [1.82, 2.24) is 19.7 Å². The van der Waals surface area contributed by atoms with E-state index in [4.69, 9.17) is 10.5 Å². The molecule has 2 aliphatic rings. The lowest BCUT2D eigenvalue weighted by atomic mass is 9.90. The highest BCUT2D eigenvalue weighted by Gasteiger charge is 2.50. The number of aromatic nitrogens is 3. The highest BCUT2D eigenvalue weighted by Crippen LogP contribution is 2.47. The van der Waals surface area contributed by atoms with E-state index in [-0.39, 0.29) is 17.9 Å². The Morgan fingerprint density at radius 3 is 2.63 bits per heavy atom. The van der Waals surface area contributed by atoms with Crippen molar-refractivity contribution in [1.29, 1.82) is 0 Å². The molecule has 0 spiro atoms. The van der Waals surface area contributed by atoms with Gasteiger partial charge in [-0.3, -0.25) is 9.69 Å². The van der Waals surface area contributed by atoms with Crippen molar-refractivity contribution < 1.29 is 22.7 Å². The molecule has 1 fully saturated rings. The van der Waals surface area contributed by atoms with Crippen molar-refractivity contribution >= 4 is 5.91 Å². The molecule has 5 rings (SSSR count). The topological polar surface area (TPSA) is 86.3 Å². The molecule has 1 amide bonds. The van der Waals surface area contributed by atoms with Crippen LogP contribution in [0.5, 0.6) is 0 Å². The van der Waals surface area contributed by atoms with Crippen LogP contribution < -0.4 is 5.73 Å². The molecule has 3 aromatic rings. The van der Waals surface area contributed by atoms with Gasteiger partial charge >= 0.3 is 6.18 Å². The van der Waals surface area contributed by atoms with Crippen LogP contribution in [0.3, 0.4) is 0 Å². The van der Waals surface area contributed by atoms with Crippen molar-refractivity contribution in [3.05, 3.63) is 76.9 Å². The van der Waals surface area contributed by atoms with Crippen LogP contribution in [0.4, 0.5) is 13.2 Å². The number of fused-ring (bicyclic) bond motifs is 5. The lowest BCUT2D eigenvalue weighted by Gasteiger charge is -2.37. The van der Waals surface area contributed by atoms with Crippen LogP contribution in [-0.4, -0.2) is 38.7 Å². The quantitative estimate of drug-likeness (QED) is 0.695. The standard InChI is InChI=1S/C20H16F3N5O2/c21-20(22,23)13-6-7-15-14(10-13)19(12-4-2-1-3-5-12)27(8-9-30-19)11-16-25-18(17(24)29)26-28(15)16/h1-7,10H,8-9,11H2,(H2,24,29). The zero-order valence-corrected chi connectivity index (χ0v) is 15.6. The fourth-order valence-electron chi connectivity index (χ4n) is 4.16. The van der Waals surface area contributed by atoms with Gasteiger partial charge in [0.1, 0.15) is 5.82 Å². The summed E-state index contributed by atoms with van der Waals surface area (Å²) in [6, 6.07) is 12.5. The van der Waals surface area contributed by atoms with Crippen LogP contribution in [-0.2, 0) is 23.2 Å². The minimum absolute atomic E-state index is 0.192. The number of nitrogens with zero attached hydrogens (tertiary/aromatic N) is 4. The van der Waals surface area contributed by atoms with Crippen molar-refractivity contribution in [3.63, 3.8) is 0 Å². The van der Waals surface area contributed by atoms with Gasteiger partial charge in [-0.2, -0.15) is 13.2 Å². The van der Waals surface area contributed by atoms with E-state index in [1.165, 1.54) is 10.7 Å². The molecule has 1 unspecified atom stereocenters. The first-order valence-corrected chi connectivity index (χ1v) is 9.23. The van der Waals surface area contributed by atoms with Crippen LogP contribution in [0.25, 0.3) is 5.69 Å². The number of ether oxygens (including phenoxy) is 1. The smallest absolute Gasteiger partial charge is 0.363 e. The van der Waals surface area contributed by atoms with Gasteiger partial charge in [0.15, 0.2) is 5.72 Å². The highest BCUT2D eigenvalue weighted by atomic mass is 19.4. The Morgan fingerprint density at radius 2 is 1.93 bits per heavy atom. The van der Waals surface area contributed by atoms with Gasteiger partial charge in [0, 0.05) is 17.7 Å². The van der Waals surface area contributed by atoms with Crippen LogP contribution in [0.2, 0.25) is 0 Å². The molecule has 2 N–H and O–H groups in total. The van der Waals surface area contributed by atoms with Crippen LogP contribution in [0, 0.1) is 0 Å². The fourth-order valence-corrected chi connectivity index (χ4v) is 4.16. The lowest BCUT2D eigenvalue weighted by Crippen LogP contribution is -2.42. The third kappa shape index (κ3) is 2.64. The maximum atomic E-state index is 13.6. The largest absolute Gasteiger partial charge is 0.416 e. The van der Waals surface area contributed by atoms with Crippen LogP contribution >= 0.6 is 0 Å². The Labute approximate surface area is 168 Å². The van der Waals surface area contributed by atoms with Gasteiger partial charge in [-0.15, -0.1) is 5.10 Å². The molecule has 10 heteroatoms. The van der Waals surface area contributed by atoms with Crippen molar-refractivity contribution in [2.45, 2.75) is 18.4 Å². The van der Waals surface area contributed by atoms with Gasteiger partial charge in [0.2, 0.25) is 5.82 Å². The number of nitrogens with two attached hydrogens (primary N) is 1. The second kappa shape index (κ2) is 6.38. The Hall–Kier alpha value is -3.24. The molecule has 30 heavy (non-hydrogen) atoms. The number of carbonyl (C=O) groups excluding carboxylic acids is 1. The van der Waals surface area contributed by atoms with E-state index in [2.05, 4.69) is 10.1 Å². The summed E-state index contributed by atoms with van der Waals surface area (Å²) in [5.74, 6) is -0.604. The first-order valence-electron chi connectivity index (χ1n) is 9.23. The minimum atomic E-state index is -4.54. The summed E-state index contributed by atoms with van der Waals surface area (Å²) >= 11 is 0. The number of rotatable bonds is 2. The maximum Gasteiger partial charge on any atom is 0.416 e. The van der Waals surface area contributed by atoms with Crippen molar-refractivity contribution in [2.24, 2.45) is 5.73 Å². The Balaban J connectivity index is 1.84. The molecule has 1 aromatic heterocycles. The third-order valence-corrected chi connectivity index (χ3v) is 5.43. The minimum Gasteiger partial charge on any atom is -0.363 e. The van der Waals surface area contributed by atoms with Gasteiger partial charge < -0.3 is 10.5 Å². The van der Waals surface area contributed by atoms with Crippen LogP contribution in [0.15, 0.2) is 48.5 Å². The summed E-state index contributed by atoms with van der Waals surface area (Å²) in [7, 11) is 0. The molecule has 2 aromatic carbocycles. The summed E-state index contributed by atoms with van der Waals surface area (Å²) in [4.78, 5) is 17.7. The lowest BCUT2D eigenvalue weighted by molar-refractivity contribution is -0.137. The molecule has 7 nitrogen and oxygen atoms in total. The molecule has 0 saturated carbocycles. The Bertz CT molecular complexity index is 1150.